The molecule has 0 atom stereocenters. The van der Waals surface area contributed by atoms with Crippen molar-refractivity contribution < 1.29 is 24.6 Å². The van der Waals surface area contributed by atoms with E-state index in [2.05, 4.69) is 31.5 Å². The maximum Gasteiger partial charge on any atom is 0.352 e. The van der Waals surface area contributed by atoms with Gasteiger partial charge in [-0.25, -0.2) is 9.78 Å². The Balaban J connectivity index is 1.75. The molecule has 3 rings (SSSR count). The molecule has 1 heterocycles. The van der Waals surface area contributed by atoms with Crippen molar-refractivity contribution in [1.82, 2.24) is 15.6 Å². The lowest BCUT2D eigenvalue weighted by atomic mass is 10.1. The number of amides is 2. The van der Waals surface area contributed by atoms with E-state index >= 15 is 0 Å². The predicted molar refractivity (Wildman–Crippen MR) is 137 cm³/mol. The zero-order valence-electron chi connectivity index (χ0n) is 19.3. The molecule has 35 heavy (non-hydrogen) atoms. The lowest BCUT2D eigenvalue weighted by Gasteiger charge is -2.10. The molecule has 10 heteroatoms. The number of thiazole rings is 1. The van der Waals surface area contributed by atoms with Gasteiger partial charge in [0.05, 0.1) is 21.1 Å². The predicted octanol–water partition coefficient (Wildman–Crippen LogP) is 4.83. The van der Waals surface area contributed by atoms with E-state index in [1.165, 1.54) is 35.6 Å². The van der Waals surface area contributed by atoms with Crippen LogP contribution in [0, 0.1) is 6.92 Å². The number of nitrogens with zero attached hydrogens (tertiary/aromatic N) is 1. The Kier molecular flexibility index (Phi) is 8.42. The first-order valence-electron chi connectivity index (χ1n) is 10.6. The minimum atomic E-state index is -1.28. The summed E-state index contributed by atoms with van der Waals surface area (Å²) in [5.41, 5.74) is 1.71. The van der Waals surface area contributed by atoms with Crippen molar-refractivity contribution >= 4 is 51.1 Å². The molecular weight excluding hydrogens is 534 g/mol. The van der Waals surface area contributed by atoms with Crippen LogP contribution in [0.4, 0.5) is 0 Å². The molecule has 0 unspecified atom stereocenters. The number of halogens is 1. The Morgan fingerprint density at radius 1 is 1.14 bits per heavy atom. The van der Waals surface area contributed by atoms with Gasteiger partial charge in [-0.2, -0.15) is 0 Å². The van der Waals surface area contributed by atoms with Crippen LogP contribution in [0.25, 0.3) is 6.08 Å². The average molecular weight is 558 g/mol. The minimum absolute atomic E-state index is 0.0948. The van der Waals surface area contributed by atoms with Gasteiger partial charge in [0.2, 0.25) is 0 Å². The number of nitrogens with one attached hydrogen (secondary N) is 2. The van der Waals surface area contributed by atoms with Gasteiger partial charge in [-0.15, -0.1) is 11.3 Å². The molecule has 2 amide bonds. The van der Waals surface area contributed by atoms with Crippen molar-refractivity contribution in [3.63, 3.8) is 0 Å². The van der Waals surface area contributed by atoms with Crippen LogP contribution in [0.5, 0.6) is 5.75 Å². The third-order valence-corrected chi connectivity index (χ3v) is 6.52. The third kappa shape index (κ3) is 6.77. The van der Waals surface area contributed by atoms with E-state index in [1.807, 2.05) is 20.8 Å². The number of aromatic nitrogens is 1. The number of hydrogen-bond acceptors (Lipinski definition) is 6. The molecule has 0 aliphatic rings. The number of aromatic hydroxyl groups is 1. The summed E-state index contributed by atoms with van der Waals surface area (Å²) in [6.45, 7) is 5.98. The van der Waals surface area contributed by atoms with Crippen LogP contribution in [0.2, 0.25) is 0 Å². The van der Waals surface area contributed by atoms with Crippen LogP contribution in [0.3, 0.4) is 0 Å². The van der Waals surface area contributed by atoms with Crippen LogP contribution in [-0.4, -0.2) is 33.0 Å². The van der Waals surface area contributed by atoms with Crippen LogP contribution in [-0.2, 0) is 11.3 Å². The molecule has 0 saturated heterocycles. The Labute approximate surface area is 214 Å². The second kappa shape index (κ2) is 11.3. The summed E-state index contributed by atoms with van der Waals surface area (Å²) in [5, 5.41) is 25.2. The second-order valence-electron chi connectivity index (χ2n) is 8.00. The van der Waals surface area contributed by atoms with E-state index in [-0.39, 0.29) is 35.4 Å². The van der Waals surface area contributed by atoms with Gasteiger partial charge in [-0.05, 0) is 70.7 Å². The van der Waals surface area contributed by atoms with Crippen molar-refractivity contribution in [2.75, 3.05) is 0 Å². The normalized spacial score (nSPS) is 11.4. The maximum absolute atomic E-state index is 12.8. The number of carboxylic acid groups (broad SMARTS) is 1. The fourth-order valence-electron chi connectivity index (χ4n) is 3.24. The van der Waals surface area contributed by atoms with E-state index < -0.39 is 11.9 Å². The first kappa shape index (κ1) is 26.1. The van der Waals surface area contributed by atoms with Crippen molar-refractivity contribution in [1.29, 1.82) is 0 Å². The van der Waals surface area contributed by atoms with E-state index in [0.29, 0.717) is 14.9 Å². The van der Waals surface area contributed by atoms with Gasteiger partial charge < -0.3 is 20.8 Å². The highest BCUT2D eigenvalue weighted by atomic mass is 79.9. The highest BCUT2D eigenvalue weighted by Crippen LogP contribution is 2.27. The zero-order chi connectivity index (χ0) is 25.7. The molecule has 0 aliphatic carbocycles. The third-order valence-electron chi connectivity index (χ3n) is 4.93. The van der Waals surface area contributed by atoms with Gasteiger partial charge in [0.25, 0.3) is 11.8 Å². The van der Waals surface area contributed by atoms with Crippen LogP contribution < -0.4 is 10.6 Å². The van der Waals surface area contributed by atoms with E-state index in [4.69, 9.17) is 0 Å². The number of carbonyl (C=O) groups is 3. The molecule has 0 spiro atoms. The fourth-order valence-corrected chi connectivity index (χ4v) is 4.82. The first-order valence-corrected chi connectivity index (χ1v) is 12.3. The van der Waals surface area contributed by atoms with Crippen molar-refractivity contribution in [2.24, 2.45) is 0 Å². The van der Waals surface area contributed by atoms with Gasteiger partial charge in [0.15, 0.2) is 0 Å². The highest BCUT2D eigenvalue weighted by molar-refractivity contribution is 9.10. The van der Waals surface area contributed by atoms with Crippen LogP contribution in [0.15, 0.2) is 52.6 Å². The lowest BCUT2D eigenvalue weighted by Crippen LogP contribution is -2.28. The summed E-state index contributed by atoms with van der Waals surface area (Å²) in [5.74, 6) is -2.08. The summed E-state index contributed by atoms with van der Waals surface area (Å²) in [6.07, 6.45) is 1.41. The Bertz CT molecular complexity index is 1320. The van der Waals surface area contributed by atoms with Crippen molar-refractivity contribution in [2.45, 2.75) is 33.2 Å². The van der Waals surface area contributed by atoms with Gasteiger partial charge >= 0.3 is 5.97 Å². The molecule has 3 aromatic rings. The molecule has 0 fully saturated rings. The summed E-state index contributed by atoms with van der Waals surface area (Å²) in [4.78, 5) is 42.3. The van der Waals surface area contributed by atoms with E-state index in [1.54, 1.807) is 24.3 Å². The minimum Gasteiger partial charge on any atom is -0.508 e. The molecule has 182 valence electrons. The quantitative estimate of drug-likeness (QED) is 0.293. The molecule has 1 aromatic heterocycles. The summed E-state index contributed by atoms with van der Waals surface area (Å²) in [7, 11) is 0. The van der Waals surface area contributed by atoms with Crippen molar-refractivity contribution in [3.05, 3.63) is 84.9 Å². The number of phenols is 1. The molecule has 0 radical (unpaired) electrons. The number of aryl methyl sites for hydroxylation is 1. The monoisotopic (exact) mass is 557 g/mol. The smallest absolute Gasteiger partial charge is 0.352 e. The maximum atomic E-state index is 12.8. The summed E-state index contributed by atoms with van der Waals surface area (Å²) < 4.78 is 0.334. The lowest BCUT2D eigenvalue weighted by molar-refractivity contribution is -0.132. The molecule has 0 bridgehead atoms. The van der Waals surface area contributed by atoms with Gasteiger partial charge in [-0.1, -0.05) is 26.0 Å². The first-order chi connectivity index (χ1) is 16.5. The molecule has 2 aromatic carbocycles. The topological polar surface area (TPSA) is 129 Å². The number of aliphatic carboxylic acids is 1. The number of carbonyl (C=O) groups excluding carboxylic acids is 2. The number of hydrogen-bond donors (Lipinski definition) is 4. The number of benzene rings is 2. The van der Waals surface area contributed by atoms with Gasteiger partial charge in [0.1, 0.15) is 11.4 Å². The molecule has 8 nitrogen and oxygen atoms in total. The molecule has 4 N–H and O–H groups in total. The summed E-state index contributed by atoms with van der Waals surface area (Å²) >= 11 is 4.65. The number of carboxylic acids is 1. The standard InChI is InChI=1S/C25H24BrN3O5S/c1-13(2)22-21(35-14(3)28-22)11-20(25(33)34)29-24(32)18-8-7-16(10-19(18)26)23(31)27-12-15-5-4-6-17(30)9-15/h4-11,13,30H,12H2,1-3H3,(H,27,31)(H,29,32)(H,33,34). The SMILES string of the molecule is Cc1nc(C(C)C)c(C=C(NC(=O)c2ccc(C(=O)NCc3cccc(O)c3)cc2Br)C(=O)O)s1. The molecular formula is C25H24BrN3O5S. The zero-order valence-corrected chi connectivity index (χ0v) is 21.7. The number of rotatable bonds is 8. The fraction of sp³-hybridized carbons (Fsp3) is 0.200. The average Bonchev–Trinajstić information content (AvgIpc) is 3.17. The van der Waals surface area contributed by atoms with Crippen LogP contribution >= 0.6 is 27.3 Å². The largest absolute Gasteiger partial charge is 0.508 e. The molecule has 0 saturated carbocycles. The van der Waals surface area contributed by atoms with Crippen molar-refractivity contribution in [3.8, 4) is 5.75 Å². The summed E-state index contributed by atoms with van der Waals surface area (Å²) in [6, 6.07) is 11.0. The van der Waals surface area contributed by atoms with Gasteiger partial charge in [-0.3, -0.25) is 9.59 Å². The van der Waals surface area contributed by atoms with E-state index in [9.17, 15) is 24.6 Å². The second-order valence-corrected chi connectivity index (χ2v) is 10.1. The Hall–Kier alpha value is -3.50. The van der Waals surface area contributed by atoms with Crippen LogP contribution in [0.1, 0.15) is 61.6 Å². The van der Waals surface area contributed by atoms with Gasteiger partial charge in [0, 0.05) is 16.6 Å². The molecule has 0 aliphatic heterocycles. The Morgan fingerprint density at radius 2 is 1.89 bits per heavy atom. The highest BCUT2D eigenvalue weighted by Gasteiger charge is 2.19. The van der Waals surface area contributed by atoms with E-state index in [0.717, 1.165) is 16.3 Å². The number of phenolic OH excluding ortho intramolecular Hbond substituents is 1. The Morgan fingerprint density at radius 3 is 2.51 bits per heavy atom.